The van der Waals surface area contributed by atoms with Crippen LogP contribution in [0.1, 0.15) is 31.2 Å². The molecular formula is C30H34FN7O3. The van der Waals surface area contributed by atoms with Gasteiger partial charge in [0.25, 0.3) is 5.56 Å². The predicted molar refractivity (Wildman–Crippen MR) is 155 cm³/mol. The van der Waals surface area contributed by atoms with Crippen LogP contribution in [-0.4, -0.2) is 69.4 Å². The number of halogens is 1. The van der Waals surface area contributed by atoms with Gasteiger partial charge in [-0.3, -0.25) is 4.79 Å². The van der Waals surface area contributed by atoms with Gasteiger partial charge >= 0.3 is 6.09 Å². The van der Waals surface area contributed by atoms with Crippen molar-refractivity contribution in [3.05, 3.63) is 82.5 Å². The molecule has 11 heteroatoms. The normalized spacial score (nSPS) is 15.7. The zero-order chi connectivity index (χ0) is 28.5. The van der Waals surface area contributed by atoms with Gasteiger partial charge in [-0.25, -0.2) is 23.7 Å². The monoisotopic (exact) mass is 559 g/mol. The SMILES string of the molecule is CN(C(=O)OCn1c(N(C)C2CCN(c3nc4ccccc4n3Cc3ccc(F)cc3)CC2)nccc1=O)C1CC1. The van der Waals surface area contributed by atoms with E-state index in [2.05, 4.69) is 20.5 Å². The van der Waals surface area contributed by atoms with E-state index in [0.29, 0.717) is 12.5 Å². The lowest BCUT2D eigenvalue weighted by Gasteiger charge is -2.38. The maximum Gasteiger partial charge on any atom is 0.411 e. The van der Waals surface area contributed by atoms with Gasteiger partial charge in [0.05, 0.1) is 17.6 Å². The molecule has 6 rings (SSSR count). The number of imidazole rings is 1. The standard InChI is InChI=1S/C30H34FN7O3/c1-34(28-32-16-13-27(39)38(28)20-41-30(40)35(2)23-11-12-23)24-14-17-36(18-15-24)29-33-25-5-3-4-6-26(25)37(29)19-21-7-9-22(31)10-8-21/h3-10,13,16,23-24H,11-12,14-15,17-20H2,1-2H3. The number of hydrogen-bond acceptors (Lipinski definition) is 7. The lowest BCUT2D eigenvalue weighted by molar-refractivity contribution is 0.0797. The third-order valence-corrected chi connectivity index (χ3v) is 8.11. The van der Waals surface area contributed by atoms with Crippen LogP contribution in [0.5, 0.6) is 0 Å². The first kappa shape index (κ1) is 26.8. The number of fused-ring (bicyclic) bond motifs is 1. The minimum absolute atomic E-state index is 0.131. The molecule has 1 saturated carbocycles. The molecule has 1 aliphatic carbocycles. The molecule has 214 valence electrons. The van der Waals surface area contributed by atoms with Crippen molar-refractivity contribution in [2.75, 3.05) is 37.0 Å². The minimum Gasteiger partial charge on any atom is -0.427 e. The number of amides is 1. The second-order valence-corrected chi connectivity index (χ2v) is 10.8. The molecule has 2 fully saturated rings. The van der Waals surface area contributed by atoms with E-state index in [1.54, 1.807) is 11.9 Å². The molecule has 41 heavy (non-hydrogen) atoms. The van der Waals surface area contributed by atoms with Crippen LogP contribution >= 0.6 is 0 Å². The quantitative estimate of drug-likeness (QED) is 0.322. The average molecular weight is 560 g/mol. The van der Waals surface area contributed by atoms with Gasteiger partial charge in [-0.15, -0.1) is 0 Å². The fourth-order valence-corrected chi connectivity index (χ4v) is 5.51. The molecule has 0 bridgehead atoms. The average Bonchev–Trinajstić information content (AvgIpc) is 3.78. The van der Waals surface area contributed by atoms with Crippen molar-refractivity contribution in [1.29, 1.82) is 0 Å². The van der Waals surface area contributed by atoms with Crippen molar-refractivity contribution in [3.63, 3.8) is 0 Å². The summed E-state index contributed by atoms with van der Waals surface area (Å²) in [5.41, 5.74) is 2.69. The maximum atomic E-state index is 13.5. The summed E-state index contributed by atoms with van der Waals surface area (Å²) in [5, 5.41) is 0. The van der Waals surface area contributed by atoms with Crippen LogP contribution in [0.3, 0.4) is 0 Å². The Hall–Kier alpha value is -4.41. The Kier molecular flexibility index (Phi) is 7.34. The van der Waals surface area contributed by atoms with Gasteiger partial charge in [-0.2, -0.15) is 0 Å². The highest BCUT2D eigenvalue weighted by Crippen LogP contribution is 2.29. The topological polar surface area (TPSA) is 88.7 Å². The first-order valence-corrected chi connectivity index (χ1v) is 14.0. The summed E-state index contributed by atoms with van der Waals surface area (Å²) >= 11 is 0. The number of ether oxygens (including phenoxy) is 1. The Balaban J connectivity index is 1.17. The second kappa shape index (κ2) is 11.2. The first-order valence-electron chi connectivity index (χ1n) is 14.0. The minimum atomic E-state index is -0.436. The molecule has 0 N–H and O–H groups in total. The number of benzene rings is 2. The highest BCUT2D eigenvalue weighted by Gasteiger charge is 2.31. The van der Waals surface area contributed by atoms with Crippen LogP contribution in [-0.2, 0) is 18.0 Å². The van der Waals surface area contributed by atoms with Gasteiger partial charge in [0.2, 0.25) is 11.9 Å². The van der Waals surface area contributed by atoms with Crippen LogP contribution in [0, 0.1) is 5.82 Å². The molecule has 10 nitrogen and oxygen atoms in total. The van der Waals surface area contributed by atoms with Gasteiger partial charge in [-0.1, -0.05) is 24.3 Å². The van der Waals surface area contributed by atoms with Gasteiger partial charge in [-0.05, 0) is 55.5 Å². The lowest BCUT2D eigenvalue weighted by atomic mass is 10.0. The predicted octanol–water partition coefficient (Wildman–Crippen LogP) is 4.07. The van der Waals surface area contributed by atoms with Crippen LogP contribution in [0.4, 0.5) is 21.1 Å². The number of rotatable bonds is 8. The molecule has 1 saturated heterocycles. The molecule has 0 unspecified atom stereocenters. The summed E-state index contributed by atoms with van der Waals surface area (Å²) in [7, 11) is 3.65. The molecule has 1 aliphatic heterocycles. The molecule has 4 aromatic rings. The van der Waals surface area contributed by atoms with Crippen LogP contribution in [0.2, 0.25) is 0 Å². The Morgan fingerprint density at radius 3 is 2.44 bits per heavy atom. The lowest BCUT2D eigenvalue weighted by Crippen LogP contribution is -2.46. The maximum absolute atomic E-state index is 13.5. The molecule has 3 heterocycles. The van der Waals surface area contributed by atoms with Crippen molar-refractivity contribution < 1.29 is 13.9 Å². The van der Waals surface area contributed by atoms with E-state index in [-0.39, 0.29) is 30.2 Å². The highest BCUT2D eigenvalue weighted by molar-refractivity contribution is 5.79. The van der Waals surface area contributed by atoms with Crippen molar-refractivity contribution >= 4 is 29.0 Å². The van der Waals surface area contributed by atoms with E-state index in [4.69, 9.17) is 9.72 Å². The number of hydrogen-bond donors (Lipinski definition) is 0. The number of carbonyl (C=O) groups excluding carboxylic acids is 1. The third-order valence-electron chi connectivity index (χ3n) is 8.11. The Labute approximate surface area is 237 Å². The second-order valence-electron chi connectivity index (χ2n) is 10.8. The molecule has 0 spiro atoms. The molecule has 2 aliphatic rings. The first-order chi connectivity index (χ1) is 19.9. The number of aromatic nitrogens is 4. The van der Waals surface area contributed by atoms with Gasteiger partial charge in [0, 0.05) is 51.5 Å². The van der Waals surface area contributed by atoms with Crippen molar-refractivity contribution in [2.45, 2.75) is 51.0 Å². The van der Waals surface area contributed by atoms with E-state index in [1.165, 1.54) is 29.0 Å². The van der Waals surface area contributed by atoms with Gasteiger partial charge in [0.15, 0.2) is 6.73 Å². The summed E-state index contributed by atoms with van der Waals surface area (Å²) in [6.45, 7) is 1.93. The molecule has 0 radical (unpaired) electrons. The number of para-hydroxylation sites is 2. The summed E-state index contributed by atoms with van der Waals surface area (Å²) < 4.78 is 22.6. The van der Waals surface area contributed by atoms with E-state index >= 15 is 0 Å². The van der Waals surface area contributed by atoms with Crippen LogP contribution in [0.25, 0.3) is 11.0 Å². The van der Waals surface area contributed by atoms with Crippen molar-refractivity contribution in [1.82, 2.24) is 24.0 Å². The van der Waals surface area contributed by atoms with Crippen LogP contribution < -0.4 is 15.4 Å². The molecule has 2 aromatic heterocycles. The Morgan fingerprint density at radius 1 is 0.976 bits per heavy atom. The highest BCUT2D eigenvalue weighted by atomic mass is 19.1. The molecule has 1 amide bonds. The zero-order valence-corrected chi connectivity index (χ0v) is 23.3. The molecular weight excluding hydrogens is 525 g/mol. The smallest absolute Gasteiger partial charge is 0.411 e. The zero-order valence-electron chi connectivity index (χ0n) is 23.3. The Morgan fingerprint density at radius 2 is 1.71 bits per heavy atom. The van der Waals surface area contributed by atoms with Crippen molar-refractivity contribution in [2.24, 2.45) is 0 Å². The van der Waals surface area contributed by atoms with Gasteiger partial charge < -0.3 is 24.0 Å². The summed E-state index contributed by atoms with van der Waals surface area (Å²) in [6, 6.07) is 16.4. The fourth-order valence-electron chi connectivity index (χ4n) is 5.51. The van der Waals surface area contributed by atoms with Gasteiger partial charge in [0.1, 0.15) is 5.82 Å². The van der Waals surface area contributed by atoms with E-state index in [9.17, 15) is 14.0 Å². The van der Waals surface area contributed by atoms with E-state index in [1.807, 2.05) is 42.3 Å². The number of nitrogens with zero attached hydrogens (tertiary/aromatic N) is 7. The fraction of sp³-hybridized carbons (Fsp3) is 0.400. The molecule has 0 atom stereocenters. The largest absolute Gasteiger partial charge is 0.427 e. The van der Waals surface area contributed by atoms with Crippen LogP contribution in [0.15, 0.2) is 65.6 Å². The third kappa shape index (κ3) is 5.61. The van der Waals surface area contributed by atoms with E-state index in [0.717, 1.165) is 61.3 Å². The number of carbonyl (C=O) groups is 1. The number of piperidine rings is 1. The summed E-state index contributed by atoms with van der Waals surface area (Å²) in [4.78, 5) is 40.5. The molecule has 2 aromatic carbocycles. The summed E-state index contributed by atoms with van der Waals surface area (Å²) in [6.07, 6.45) is 4.67. The number of anilines is 2. The summed E-state index contributed by atoms with van der Waals surface area (Å²) in [5.74, 6) is 1.11. The van der Waals surface area contributed by atoms with Crippen molar-refractivity contribution in [3.8, 4) is 0 Å². The Bertz CT molecular complexity index is 1590. The van der Waals surface area contributed by atoms with E-state index < -0.39 is 6.09 Å².